The summed E-state index contributed by atoms with van der Waals surface area (Å²) in [7, 11) is 0. The van der Waals surface area contributed by atoms with Gasteiger partial charge in [-0.3, -0.25) is 14.5 Å². The minimum atomic E-state index is -0.374. The van der Waals surface area contributed by atoms with Gasteiger partial charge in [0.15, 0.2) is 0 Å². The van der Waals surface area contributed by atoms with Crippen LogP contribution in [0, 0.1) is 5.92 Å². The van der Waals surface area contributed by atoms with E-state index in [1.807, 2.05) is 30.3 Å². The summed E-state index contributed by atoms with van der Waals surface area (Å²) in [5.41, 5.74) is 7.02. The first kappa shape index (κ1) is 17.0. The molecule has 2 atom stereocenters. The Bertz CT molecular complexity index is 560. The average molecular weight is 318 g/mol. The Morgan fingerprint density at radius 3 is 2.65 bits per heavy atom. The van der Waals surface area contributed by atoms with Gasteiger partial charge in [-0.05, 0) is 12.0 Å². The van der Waals surface area contributed by atoms with E-state index in [0.717, 1.165) is 10.5 Å². The molecular formula is C16H22N4O3. The maximum Gasteiger partial charge on any atom is 0.324 e. The van der Waals surface area contributed by atoms with Crippen LogP contribution in [0.3, 0.4) is 0 Å². The van der Waals surface area contributed by atoms with Crippen LogP contribution in [0.1, 0.15) is 24.9 Å². The summed E-state index contributed by atoms with van der Waals surface area (Å²) in [5, 5.41) is 5.25. The third-order valence-electron chi connectivity index (χ3n) is 3.93. The van der Waals surface area contributed by atoms with E-state index in [1.54, 1.807) is 6.92 Å². The molecule has 0 spiro atoms. The molecule has 2 unspecified atom stereocenters. The van der Waals surface area contributed by atoms with Crippen LogP contribution < -0.4 is 16.4 Å². The Morgan fingerprint density at radius 1 is 1.35 bits per heavy atom. The standard InChI is InChI=1S/C16H22N4O3/c1-11(14(17)12-6-3-2-4-7-12)15(22)18-8-5-9-20-13(21)10-19-16(20)23/h2-4,6-7,11,14H,5,8-10,17H2,1H3,(H,18,22)(H,19,23). The molecule has 1 aliphatic rings. The monoisotopic (exact) mass is 318 g/mol. The highest BCUT2D eigenvalue weighted by atomic mass is 16.2. The van der Waals surface area contributed by atoms with E-state index in [2.05, 4.69) is 10.6 Å². The Balaban J connectivity index is 1.74. The average Bonchev–Trinajstić information content (AvgIpc) is 2.89. The van der Waals surface area contributed by atoms with Gasteiger partial charge in [0.25, 0.3) is 0 Å². The third-order valence-corrected chi connectivity index (χ3v) is 3.93. The van der Waals surface area contributed by atoms with Crippen molar-refractivity contribution in [2.24, 2.45) is 11.7 Å². The molecule has 1 aromatic rings. The summed E-state index contributed by atoms with van der Waals surface area (Å²) in [5.74, 6) is -0.742. The molecule has 4 amide bonds. The number of benzene rings is 1. The molecular weight excluding hydrogens is 296 g/mol. The summed E-state index contributed by atoms with van der Waals surface area (Å²) < 4.78 is 0. The molecule has 2 rings (SSSR count). The molecule has 0 bridgehead atoms. The summed E-state index contributed by atoms with van der Waals surface area (Å²) in [6.45, 7) is 2.52. The fourth-order valence-electron chi connectivity index (χ4n) is 2.42. The van der Waals surface area contributed by atoms with Crippen molar-refractivity contribution in [1.29, 1.82) is 0 Å². The highest BCUT2D eigenvalue weighted by molar-refractivity contribution is 6.01. The number of amides is 4. The second kappa shape index (κ2) is 7.73. The summed E-state index contributed by atoms with van der Waals surface area (Å²) in [6, 6.07) is 8.72. The molecule has 1 aromatic carbocycles. The number of carbonyl (C=O) groups excluding carboxylic acids is 3. The Labute approximate surface area is 135 Å². The highest BCUT2D eigenvalue weighted by Crippen LogP contribution is 2.18. The van der Waals surface area contributed by atoms with Crippen LogP contribution in [0.25, 0.3) is 0 Å². The maximum absolute atomic E-state index is 12.1. The van der Waals surface area contributed by atoms with E-state index < -0.39 is 0 Å². The molecule has 0 aliphatic carbocycles. The number of nitrogens with zero attached hydrogens (tertiary/aromatic N) is 1. The van der Waals surface area contributed by atoms with Gasteiger partial charge in [-0.1, -0.05) is 37.3 Å². The summed E-state index contributed by atoms with van der Waals surface area (Å²) >= 11 is 0. The summed E-state index contributed by atoms with van der Waals surface area (Å²) in [6.07, 6.45) is 0.512. The molecule has 0 radical (unpaired) electrons. The largest absolute Gasteiger partial charge is 0.356 e. The van der Waals surface area contributed by atoms with Crippen LogP contribution >= 0.6 is 0 Å². The van der Waals surface area contributed by atoms with Crippen molar-refractivity contribution in [1.82, 2.24) is 15.5 Å². The zero-order chi connectivity index (χ0) is 16.8. The van der Waals surface area contributed by atoms with Gasteiger partial charge in [0.05, 0.1) is 12.5 Å². The highest BCUT2D eigenvalue weighted by Gasteiger charge is 2.27. The molecule has 7 heteroatoms. The molecule has 124 valence electrons. The van der Waals surface area contributed by atoms with E-state index in [1.165, 1.54) is 0 Å². The van der Waals surface area contributed by atoms with Gasteiger partial charge in [0.1, 0.15) is 0 Å². The number of carbonyl (C=O) groups is 3. The van der Waals surface area contributed by atoms with Crippen LogP contribution in [0.2, 0.25) is 0 Å². The van der Waals surface area contributed by atoms with E-state index in [4.69, 9.17) is 5.73 Å². The van der Waals surface area contributed by atoms with Crippen LogP contribution in [0.4, 0.5) is 4.79 Å². The van der Waals surface area contributed by atoms with Crippen molar-refractivity contribution in [2.75, 3.05) is 19.6 Å². The number of nitrogens with two attached hydrogens (primary N) is 1. The Hall–Kier alpha value is -2.41. The van der Waals surface area contributed by atoms with E-state index in [-0.39, 0.29) is 36.3 Å². The Kier molecular flexibility index (Phi) is 5.70. The SMILES string of the molecule is CC(C(=O)NCCCN1C(=O)CNC1=O)C(N)c1ccccc1. The lowest BCUT2D eigenvalue weighted by molar-refractivity contribution is -0.125. The summed E-state index contributed by atoms with van der Waals surface area (Å²) in [4.78, 5) is 36.1. The van der Waals surface area contributed by atoms with Crippen molar-refractivity contribution in [3.05, 3.63) is 35.9 Å². The van der Waals surface area contributed by atoms with Gasteiger partial charge in [-0.25, -0.2) is 4.79 Å². The number of rotatable bonds is 7. The number of urea groups is 1. The first-order chi connectivity index (χ1) is 11.0. The predicted octanol–water partition coefficient (Wildman–Crippen LogP) is 0.381. The minimum Gasteiger partial charge on any atom is -0.356 e. The second-order valence-corrected chi connectivity index (χ2v) is 5.57. The normalized spacial score (nSPS) is 16.9. The van der Waals surface area contributed by atoms with Crippen molar-refractivity contribution < 1.29 is 14.4 Å². The topological polar surface area (TPSA) is 105 Å². The van der Waals surface area contributed by atoms with Crippen LogP contribution in [0.15, 0.2) is 30.3 Å². The van der Waals surface area contributed by atoms with Gasteiger partial charge in [-0.15, -0.1) is 0 Å². The second-order valence-electron chi connectivity index (χ2n) is 5.57. The number of nitrogens with one attached hydrogen (secondary N) is 2. The van der Waals surface area contributed by atoms with E-state index in [0.29, 0.717) is 19.5 Å². The lowest BCUT2D eigenvalue weighted by atomic mass is 9.95. The number of hydrogen-bond donors (Lipinski definition) is 3. The number of hydrogen-bond acceptors (Lipinski definition) is 4. The molecule has 1 saturated heterocycles. The quantitative estimate of drug-likeness (QED) is 0.499. The van der Waals surface area contributed by atoms with Crippen molar-refractivity contribution >= 4 is 17.8 Å². The van der Waals surface area contributed by atoms with Crippen LogP contribution in [-0.4, -0.2) is 42.4 Å². The Morgan fingerprint density at radius 2 is 2.04 bits per heavy atom. The molecule has 0 aromatic heterocycles. The van der Waals surface area contributed by atoms with Gasteiger partial charge < -0.3 is 16.4 Å². The van der Waals surface area contributed by atoms with Crippen LogP contribution in [-0.2, 0) is 9.59 Å². The fourth-order valence-corrected chi connectivity index (χ4v) is 2.42. The van der Waals surface area contributed by atoms with Gasteiger partial charge >= 0.3 is 6.03 Å². The molecule has 1 aliphatic heterocycles. The first-order valence-electron chi connectivity index (χ1n) is 7.67. The van der Waals surface area contributed by atoms with Gasteiger partial charge in [0, 0.05) is 19.1 Å². The molecule has 1 heterocycles. The minimum absolute atomic E-state index is 0.0498. The van der Waals surface area contributed by atoms with E-state index >= 15 is 0 Å². The molecule has 7 nitrogen and oxygen atoms in total. The molecule has 4 N–H and O–H groups in total. The first-order valence-corrected chi connectivity index (χ1v) is 7.67. The van der Waals surface area contributed by atoms with Crippen molar-refractivity contribution in [3.8, 4) is 0 Å². The zero-order valence-electron chi connectivity index (χ0n) is 13.1. The molecule has 1 fully saturated rings. The lowest BCUT2D eigenvalue weighted by Gasteiger charge is -2.20. The molecule has 23 heavy (non-hydrogen) atoms. The predicted molar refractivity (Wildman–Crippen MR) is 85.3 cm³/mol. The maximum atomic E-state index is 12.1. The van der Waals surface area contributed by atoms with Crippen LogP contribution in [0.5, 0.6) is 0 Å². The van der Waals surface area contributed by atoms with Gasteiger partial charge in [-0.2, -0.15) is 0 Å². The van der Waals surface area contributed by atoms with Gasteiger partial charge in [0.2, 0.25) is 11.8 Å². The van der Waals surface area contributed by atoms with E-state index in [9.17, 15) is 14.4 Å². The smallest absolute Gasteiger partial charge is 0.324 e. The van der Waals surface area contributed by atoms with Crippen molar-refractivity contribution in [2.45, 2.75) is 19.4 Å². The van der Waals surface area contributed by atoms with Crippen molar-refractivity contribution in [3.63, 3.8) is 0 Å². The zero-order valence-corrected chi connectivity index (χ0v) is 13.1. The molecule has 0 saturated carbocycles. The lowest BCUT2D eigenvalue weighted by Crippen LogP contribution is -2.38. The number of imide groups is 1. The fraction of sp³-hybridized carbons (Fsp3) is 0.438. The third kappa shape index (κ3) is 4.29.